The van der Waals surface area contributed by atoms with E-state index in [1.54, 1.807) is 17.0 Å². The maximum atomic E-state index is 13.4. The number of rotatable bonds is 7. The second kappa shape index (κ2) is 9.56. The molecule has 2 aromatic carbocycles. The first-order valence-corrected chi connectivity index (χ1v) is 14.7. The molecule has 0 aliphatic carbocycles. The highest BCUT2D eigenvalue weighted by Gasteiger charge is 2.35. The lowest BCUT2D eigenvalue weighted by molar-refractivity contribution is 0.0694. The summed E-state index contributed by atoms with van der Waals surface area (Å²) < 4.78 is 52.2. The summed E-state index contributed by atoms with van der Waals surface area (Å²) in [6, 6.07) is 13.6. The van der Waals surface area contributed by atoms with Crippen LogP contribution in [0.3, 0.4) is 0 Å². The third kappa shape index (κ3) is 5.15. The zero-order valence-electron chi connectivity index (χ0n) is 18.8. The Morgan fingerprint density at radius 2 is 1.88 bits per heavy atom. The number of hydrogen-bond donors (Lipinski definition) is 0. The third-order valence-corrected chi connectivity index (χ3v) is 10.1. The Labute approximate surface area is 196 Å². The maximum Gasteiger partial charge on any atom is 0.254 e. The summed E-state index contributed by atoms with van der Waals surface area (Å²) in [5, 5.41) is 0. The van der Waals surface area contributed by atoms with E-state index >= 15 is 0 Å². The summed E-state index contributed by atoms with van der Waals surface area (Å²) in [4.78, 5) is 15.1. The fraction of sp³-hybridized carbons (Fsp3) is 0.458. The molecule has 0 spiro atoms. The van der Waals surface area contributed by atoms with E-state index < -0.39 is 19.9 Å². The van der Waals surface area contributed by atoms with Gasteiger partial charge in [-0.15, -0.1) is 0 Å². The van der Waals surface area contributed by atoms with Crippen LogP contribution in [0.15, 0.2) is 53.4 Å². The van der Waals surface area contributed by atoms with Crippen LogP contribution in [-0.4, -0.2) is 62.6 Å². The number of sulfonamides is 1. The molecule has 7 nitrogen and oxygen atoms in total. The quantitative estimate of drug-likeness (QED) is 0.595. The Bertz CT molecular complexity index is 1240. The molecule has 2 aliphatic heterocycles. The Kier molecular flexibility index (Phi) is 6.93. The van der Waals surface area contributed by atoms with E-state index in [0.29, 0.717) is 32.5 Å². The van der Waals surface area contributed by atoms with Gasteiger partial charge in [-0.1, -0.05) is 43.7 Å². The highest BCUT2D eigenvalue weighted by molar-refractivity contribution is 7.91. The van der Waals surface area contributed by atoms with E-state index in [4.69, 9.17) is 0 Å². The van der Waals surface area contributed by atoms with E-state index in [1.807, 2.05) is 31.2 Å². The first kappa shape index (κ1) is 23.9. The van der Waals surface area contributed by atoms with Crippen molar-refractivity contribution in [3.8, 4) is 0 Å². The molecule has 1 saturated heterocycles. The number of benzene rings is 2. The number of amides is 1. The fourth-order valence-corrected chi connectivity index (χ4v) is 7.78. The molecular weight excluding hydrogens is 460 g/mol. The minimum absolute atomic E-state index is 0.0341. The minimum atomic E-state index is -3.77. The second-order valence-corrected chi connectivity index (χ2v) is 13.0. The summed E-state index contributed by atoms with van der Waals surface area (Å²) in [6.07, 6.45) is 2.69. The van der Waals surface area contributed by atoms with Gasteiger partial charge in [-0.2, -0.15) is 4.31 Å². The van der Waals surface area contributed by atoms with Crippen molar-refractivity contribution < 1.29 is 21.6 Å². The number of nitrogens with zero attached hydrogens (tertiary/aromatic N) is 2. The zero-order valence-corrected chi connectivity index (χ0v) is 20.4. The Morgan fingerprint density at radius 3 is 2.58 bits per heavy atom. The Hall–Kier alpha value is -2.23. The van der Waals surface area contributed by atoms with Gasteiger partial charge in [0.2, 0.25) is 10.0 Å². The lowest BCUT2D eigenvalue weighted by Crippen LogP contribution is -2.42. The number of carbonyl (C=O) groups is 1. The highest BCUT2D eigenvalue weighted by atomic mass is 32.2. The smallest absolute Gasteiger partial charge is 0.254 e. The monoisotopic (exact) mass is 490 g/mol. The van der Waals surface area contributed by atoms with Crippen molar-refractivity contribution in [3.63, 3.8) is 0 Å². The number of sulfone groups is 1. The van der Waals surface area contributed by atoms with Crippen molar-refractivity contribution in [3.05, 3.63) is 65.2 Å². The highest BCUT2D eigenvalue weighted by Crippen LogP contribution is 2.26. The molecule has 2 heterocycles. The standard InChI is InChI=1S/C24H30N2O5S2/c1-2-3-13-26(22-12-15-32(28,29)18-22)24(27)20-9-6-10-23(16-20)33(30,31)25-14-11-19-7-4-5-8-21(19)17-25/h4-10,16,22H,2-3,11-15,17-18H2,1H3. The zero-order chi connectivity index (χ0) is 23.6. The topological polar surface area (TPSA) is 91.8 Å². The molecule has 2 aromatic rings. The molecule has 1 fully saturated rings. The van der Waals surface area contributed by atoms with Gasteiger partial charge in [0.25, 0.3) is 5.91 Å². The Morgan fingerprint density at radius 1 is 1.12 bits per heavy atom. The SMILES string of the molecule is CCCCN(C(=O)c1cccc(S(=O)(=O)N2CCc3ccccc3C2)c1)C1CCS(=O)(=O)C1. The van der Waals surface area contributed by atoms with Crippen LogP contribution in [0, 0.1) is 0 Å². The second-order valence-electron chi connectivity index (χ2n) is 8.79. The molecule has 4 rings (SSSR count). The van der Waals surface area contributed by atoms with Crippen LogP contribution in [0.4, 0.5) is 0 Å². The van der Waals surface area contributed by atoms with E-state index in [2.05, 4.69) is 0 Å². The van der Waals surface area contributed by atoms with Crippen LogP contribution in [0.5, 0.6) is 0 Å². The van der Waals surface area contributed by atoms with Gasteiger partial charge in [-0.05, 0) is 48.6 Å². The van der Waals surface area contributed by atoms with Crippen molar-refractivity contribution in [1.29, 1.82) is 0 Å². The molecule has 0 bridgehead atoms. The van der Waals surface area contributed by atoms with Crippen molar-refractivity contribution in [2.45, 2.75) is 50.1 Å². The molecule has 33 heavy (non-hydrogen) atoms. The molecule has 1 amide bonds. The predicted molar refractivity (Wildman–Crippen MR) is 127 cm³/mol. The average molecular weight is 491 g/mol. The summed E-state index contributed by atoms with van der Waals surface area (Å²) in [6.45, 7) is 3.16. The largest absolute Gasteiger partial charge is 0.335 e. The Balaban J connectivity index is 1.59. The van der Waals surface area contributed by atoms with Crippen LogP contribution in [0.25, 0.3) is 0 Å². The van der Waals surface area contributed by atoms with Crippen molar-refractivity contribution in [2.24, 2.45) is 0 Å². The van der Waals surface area contributed by atoms with Gasteiger partial charge in [0, 0.05) is 31.2 Å². The molecule has 0 radical (unpaired) electrons. The van der Waals surface area contributed by atoms with Crippen molar-refractivity contribution >= 4 is 25.8 Å². The summed E-state index contributed by atoms with van der Waals surface area (Å²) in [5.74, 6) is -0.266. The van der Waals surface area contributed by atoms with Gasteiger partial charge in [0.05, 0.1) is 16.4 Å². The molecular formula is C24H30N2O5S2. The normalized spacial score (nSPS) is 20.3. The number of carbonyl (C=O) groups excluding carboxylic acids is 1. The summed E-state index contributed by atoms with van der Waals surface area (Å²) in [5.41, 5.74) is 2.42. The van der Waals surface area contributed by atoms with E-state index in [-0.39, 0.29) is 33.9 Å². The third-order valence-electron chi connectivity index (χ3n) is 6.48. The molecule has 1 atom stereocenters. The van der Waals surface area contributed by atoms with Gasteiger partial charge in [0.1, 0.15) is 0 Å². The van der Waals surface area contributed by atoms with Gasteiger partial charge in [0.15, 0.2) is 9.84 Å². The van der Waals surface area contributed by atoms with E-state index in [0.717, 1.165) is 24.0 Å². The van der Waals surface area contributed by atoms with Crippen LogP contribution in [0.1, 0.15) is 47.7 Å². The fourth-order valence-electron chi connectivity index (χ4n) is 4.58. The molecule has 0 aromatic heterocycles. The molecule has 0 N–H and O–H groups in total. The molecule has 2 aliphatic rings. The summed E-state index contributed by atoms with van der Waals surface area (Å²) in [7, 11) is -6.92. The van der Waals surface area contributed by atoms with Gasteiger partial charge in [-0.25, -0.2) is 16.8 Å². The average Bonchev–Trinajstić information content (AvgIpc) is 3.18. The number of unbranched alkanes of at least 4 members (excludes halogenated alkanes) is 1. The first-order chi connectivity index (χ1) is 15.7. The van der Waals surface area contributed by atoms with Gasteiger partial charge < -0.3 is 4.90 Å². The molecule has 178 valence electrons. The van der Waals surface area contributed by atoms with E-state index in [1.165, 1.54) is 16.4 Å². The van der Waals surface area contributed by atoms with Gasteiger partial charge in [-0.3, -0.25) is 4.79 Å². The lowest BCUT2D eigenvalue weighted by atomic mass is 10.0. The maximum absolute atomic E-state index is 13.4. The van der Waals surface area contributed by atoms with Crippen LogP contribution in [0.2, 0.25) is 0 Å². The van der Waals surface area contributed by atoms with E-state index in [9.17, 15) is 21.6 Å². The lowest BCUT2D eigenvalue weighted by Gasteiger charge is -2.29. The van der Waals surface area contributed by atoms with Crippen molar-refractivity contribution in [1.82, 2.24) is 9.21 Å². The number of hydrogen-bond acceptors (Lipinski definition) is 5. The summed E-state index contributed by atoms with van der Waals surface area (Å²) >= 11 is 0. The number of fused-ring (bicyclic) bond motifs is 1. The first-order valence-electron chi connectivity index (χ1n) is 11.4. The van der Waals surface area contributed by atoms with Gasteiger partial charge >= 0.3 is 0 Å². The molecule has 1 unspecified atom stereocenters. The molecule has 9 heteroatoms. The van der Waals surface area contributed by atoms with Crippen LogP contribution >= 0.6 is 0 Å². The predicted octanol–water partition coefficient (Wildman–Crippen LogP) is 2.86. The minimum Gasteiger partial charge on any atom is -0.335 e. The van der Waals surface area contributed by atoms with Crippen LogP contribution in [-0.2, 0) is 32.8 Å². The van der Waals surface area contributed by atoms with Crippen LogP contribution < -0.4 is 0 Å². The molecule has 0 saturated carbocycles. The van der Waals surface area contributed by atoms with Crippen molar-refractivity contribution in [2.75, 3.05) is 24.6 Å².